The van der Waals surface area contributed by atoms with Gasteiger partial charge in [-0.25, -0.2) is 4.99 Å². The lowest BCUT2D eigenvalue weighted by Crippen LogP contribution is -2.35. The van der Waals surface area contributed by atoms with Gasteiger partial charge in [0, 0.05) is 23.2 Å². The number of hydrogen-bond donors (Lipinski definition) is 1. The first-order chi connectivity index (χ1) is 13.5. The second-order valence-electron chi connectivity index (χ2n) is 7.04. The van der Waals surface area contributed by atoms with E-state index in [0.717, 1.165) is 29.8 Å². The van der Waals surface area contributed by atoms with Gasteiger partial charge in [-0.2, -0.15) is 0 Å². The van der Waals surface area contributed by atoms with Crippen molar-refractivity contribution >= 4 is 51.7 Å². The van der Waals surface area contributed by atoms with Gasteiger partial charge in [0.15, 0.2) is 5.17 Å². The Morgan fingerprint density at radius 2 is 1.86 bits per heavy atom. The van der Waals surface area contributed by atoms with Gasteiger partial charge in [0.1, 0.15) is 5.25 Å². The molecule has 28 heavy (non-hydrogen) atoms. The molecule has 0 aromatic heterocycles. The van der Waals surface area contributed by atoms with Crippen molar-refractivity contribution < 1.29 is 9.59 Å². The molecule has 2 amide bonds. The summed E-state index contributed by atoms with van der Waals surface area (Å²) in [5, 5.41) is 3.73. The quantitative estimate of drug-likeness (QED) is 0.767. The number of nitrogens with zero attached hydrogens (tertiary/aromatic N) is 2. The van der Waals surface area contributed by atoms with Crippen LogP contribution < -0.4 is 5.32 Å². The largest absolute Gasteiger partial charge is 0.326 e. The minimum Gasteiger partial charge on any atom is -0.326 e. The topological polar surface area (TPSA) is 61.8 Å². The zero-order chi connectivity index (χ0) is 19.7. The fourth-order valence-electron chi connectivity index (χ4n) is 3.01. The molecular formula is C21H20ClN3O2S. The van der Waals surface area contributed by atoms with Gasteiger partial charge in [0.05, 0.1) is 5.69 Å². The summed E-state index contributed by atoms with van der Waals surface area (Å²) in [5.74, 6) is -0.197. The molecule has 1 saturated carbocycles. The molecule has 0 bridgehead atoms. The van der Waals surface area contributed by atoms with Gasteiger partial charge in [-0.05, 0) is 56.2 Å². The highest BCUT2D eigenvalue weighted by Gasteiger charge is 2.46. The van der Waals surface area contributed by atoms with Gasteiger partial charge < -0.3 is 5.32 Å². The number of aliphatic imine (C=N–C) groups is 1. The summed E-state index contributed by atoms with van der Waals surface area (Å²) in [6, 6.07) is 15.0. The summed E-state index contributed by atoms with van der Waals surface area (Å²) in [5.41, 5.74) is 2.61. The van der Waals surface area contributed by atoms with Crippen LogP contribution >= 0.6 is 23.4 Å². The Labute approximate surface area is 173 Å². The maximum Gasteiger partial charge on any atom is 0.242 e. The van der Waals surface area contributed by atoms with Gasteiger partial charge in [-0.1, -0.05) is 41.1 Å². The molecule has 1 saturated heterocycles. The molecule has 2 aromatic carbocycles. The highest BCUT2D eigenvalue weighted by molar-refractivity contribution is 8.15. The minimum atomic E-state index is -0.447. The van der Waals surface area contributed by atoms with E-state index < -0.39 is 5.25 Å². The molecule has 144 valence electrons. The van der Waals surface area contributed by atoms with Crippen molar-refractivity contribution in [3.63, 3.8) is 0 Å². The second kappa shape index (κ2) is 7.97. The van der Waals surface area contributed by atoms with E-state index in [-0.39, 0.29) is 24.3 Å². The SMILES string of the molecule is Cc1ccc(NC(=O)C[C@@H]2SC(=Nc3ccc(Cl)cc3)N(C3CC3)C2=O)cc1. The molecule has 1 heterocycles. The van der Waals surface area contributed by atoms with Crippen LogP contribution in [0.2, 0.25) is 5.02 Å². The molecule has 4 rings (SSSR count). The van der Waals surface area contributed by atoms with Gasteiger partial charge in [0.25, 0.3) is 0 Å². The van der Waals surface area contributed by atoms with E-state index in [1.54, 1.807) is 17.0 Å². The number of benzene rings is 2. The smallest absolute Gasteiger partial charge is 0.242 e. The normalized spacial score (nSPS) is 20.6. The average molecular weight is 414 g/mol. The molecule has 0 radical (unpaired) electrons. The third-order valence-corrected chi connectivity index (χ3v) is 6.04. The van der Waals surface area contributed by atoms with Gasteiger partial charge >= 0.3 is 0 Å². The van der Waals surface area contributed by atoms with Crippen LogP contribution in [-0.4, -0.2) is 33.2 Å². The van der Waals surface area contributed by atoms with E-state index in [0.29, 0.717) is 10.2 Å². The van der Waals surface area contributed by atoms with Crippen molar-refractivity contribution in [1.82, 2.24) is 4.90 Å². The number of carbonyl (C=O) groups is 2. The third-order valence-electron chi connectivity index (χ3n) is 4.64. The summed E-state index contributed by atoms with van der Waals surface area (Å²) < 4.78 is 0. The molecule has 1 aliphatic heterocycles. The number of hydrogen-bond acceptors (Lipinski definition) is 4. The average Bonchev–Trinajstić information content (AvgIpc) is 3.45. The van der Waals surface area contributed by atoms with E-state index in [1.165, 1.54) is 11.8 Å². The lowest BCUT2D eigenvalue weighted by atomic mass is 10.2. The Bertz CT molecular complexity index is 924. The maximum absolute atomic E-state index is 12.9. The molecule has 0 unspecified atom stereocenters. The third kappa shape index (κ3) is 4.39. The number of thioether (sulfide) groups is 1. The molecular weight excluding hydrogens is 394 g/mol. The zero-order valence-corrected chi connectivity index (χ0v) is 17.0. The predicted octanol–water partition coefficient (Wildman–Crippen LogP) is 4.77. The van der Waals surface area contributed by atoms with E-state index in [1.807, 2.05) is 43.3 Å². The van der Waals surface area contributed by atoms with Gasteiger partial charge in [0.2, 0.25) is 11.8 Å². The van der Waals surface area contributed by atoms with Gasteiger partial charge in [-0.3, -0.25) is 14.5 Å². The van der Waals surface area contributed by atoms with E-state index in [2.05, 4.69) is 10.3 Å². The number of carbonyl (C=O) groups excluding carboxylic acids is 2. The lowest BCUT2D eigenvalue weighted by molar-refractivity contribution is -0.128. The summed E-state index contributed by atoms with van der Waals surface area (Å²) >= 11 is 7.30. The number of anilines is 1. The first-order valence-corrected chi connectivity index (χ1v) is 10.5. The van der Waals surface area contributed by atoms with Crippen LogP contribution in [0.1, 0.15) is 24.8 Å². The standard InChI is InChI=1S/C21H20ClN3O2S/c1-13-2-6-15(7-3-13)23-19(26)12-18-20(27)25(17-10-11-17)21(28-18)24-16-8-4-14(22)5-9-16/h2-9,17-18H,10-12H2,1H3,(H,23,26)/t18-/m0/s1. The van der Waals surface area contributed by atoms with Crippen LogP contribution in [0.4, 0.5) is 11.4 Å². The van der Waals surface area contributed by atoms with E-state index >= 15 is 0 Å². The Morgan fingerprint density at radius 3 is 2.50 bits per heavy atom. The van der Waals surface area contributed by atoms with Crippen molar-refractivity contribution in [2.45, 2.75) is 37.5 Å². The molecule has 7 heteroatoms. The number of halogens is 1. The second-order valence-corrected chi connectivity index (χ2v) is 8.64. The zero-order valence-electron chi connectivity index (χ0n) is 15.4. The van der Waals surface area contributed by atoms with Crippen LogP contribution in [0.3, 0.4) is 0 Å². The Kier molecular flexibility index (Phi) is 5.42. The summed E-state index contributed by atoms with van der Waals surface area (Å²) in [7, 11) is 0. The van der Waals surface area contributed by atoms with Crippen LogP contribution in [0.25, 0.3) is 0 Å². The Hall–Kier alpha value is -2.31. The summed E-state index contributed by atoms with van der Waals surface area (Å²) in [4.78, 5) is 31.7. The van der Waals surface area contributed by atoms with Crippen LogP contribution in [0.5, 0.6) is 0 Å². The van der Waals surface area contributed by atoms with E-state index in [4.69, 9.17) is 11.6 Å². The van der Waals surface area contributed by atoms with Gasteiger partial charge in [-0.15, -0.1) is 0 Å². The number of nitrogens with one attached hydrogen (secondary N) is 1. The highest BCUT2D eigenvalue weighted by atomic mass is 35.5. The fourth-order valence-corrected chi connectivity index (χ4v) is 4.35. The molecule has 1 N–H and O–H groups in total. The molecule has 1 aliphatic carbocycles. The van der Waals surface area contributed by atoms with Crippen molar-refractivity contribution in [3.8, 4) is 0 Å². The highest BCUT2D eigenvalue weighted by Crippen LogP contribution is 2.39. The predicted molar refractivity (Wildman–Crippen MR) is 114 cm³/mol. The van der Waals surface area contributed by atoms with Crippen molar-refractivity contribution in [1.29, 1.82) is 0 Å². The number of aryl methyl sites for hydroxylation is 1. The number of amides is 2. The molecule has 2 fully saturated rings. The lowest BCUT2D eigenvalue weighted by Gasteiger charge is -2.15. The number of amidine groups is 1. The van der Waals surface area contributed by atoms with Crippen molar-refractivity contribution in [2.75, 3.05) is 5.32 Å². The fraction of sp³-hybridized carbons (Fsp3) is 0.286. The molecule has 5 nitrogen and oxygen atoms in total. The summed E-state index contributed by atoms with van der Waals surface area (Å²) in [6.07, 6.45) is 2.09. The molecule has 2 aromatic rings. The molecule has 1 atom stereocenters. The van der Waals surface area contributed by atoms with Crippen molar-refractivity contribution in [3.05, 3.63) is 59.1 Å². The Balaban J connectivity index is 1.47. The Morgan fingerprint density at radius 1 is 1.18 bits per heavy atom. The minimum absolute atomic E-state index is 0.0285. The first kappa shape index (κ1) is 19.0. The van der Waals surface area contributed by atoms with Crippen LogP contribution in [0, 0.1) is 6.92 Å². The van der Waals surface area contributed by atoms with Crippen molar-refractivity contribution in [2.24, 2.45) is 4.99 Å². The first-order valence-electron chi connectivity index (χ1n) is 9.20. The van der Waals surface area contributed by atoms with Crippen LogP contribution in [0.15, 0.2) is 53.5 Å². The molecule has 2 aliphatic rings. The number of rotatable bonds is 5. The summed E-state index contributed by atoms with van der Waals surface area (Å²) in [6.45, 7) is 1.99. The maximum atomic E-state index is 12.9. The van der Waals surface area contributed by atoms with Crippen LogP contribution in [-0.2, 0) is 9.59 Å². The molecule has 0 spiro atoms. The monoisotopic (exact) mass is 413 g/mol. The van der Waals surface area contributed by atoms with E-state index in [9.17, 15) is 9.59 Å².